The standard InChI is InChI=1S/C14H27NO3/c1-4-8-14(3,13(16)17)11-15(5-2)10-12-7-6-9-18-12/h12H,4-11H2,1-3H3,(H,16,17). The van der Waals surface area contributed by atoms with Crippen LogP contribution in [0.25, 0.3) is 0 Å². The molecule has 18 heavy (non-hydrogen) atoms. The lowest BCUT2D eigenvalue weighted by atomic mass is 9.85. The molecule has 1 aliphatic heterocycles. The molecule has 1 aliphatic rings. The van der Waals surface area contributed by atoms with Crippen LogP contribution in [-0.4, -0.2) is 48.3 Å². The fraction of sp³-hybridized carbons (Fsp3) is 0.929. The van der Waals surface area contributed by atoms with Crippen molar-refractivity contribution < 1.29 is 14.6 Å². The molecule has 0 aromatic heterocycles. The molecule has 0 aromatic carbocycles. The first-order valence-corrected chi connectivity index (χ1v) is 7.09. The summed E-state index contributed by atoms with van der Waals surface area (Å²) in [6, 6.07) is 0. The number of carbonyl (C=O) groups is 1. The number of nitrogens with zero attached hydrogens (tertiary/aromatic N) is 1. The minimum Gasteiger partial charge on any atom is -0.481 e. The molecule has 1 rings (SSSR count). The molecule has 2 atom stereocenters. The van der Waals surface area contributed by atoms with E-state index >= 15 is 0 Å². The van der Waals surface area contributed by atoms with Crippen LogP contribution >= 0.6 is 0 Å². The van der Waals surface area contributed by atoms with Crippen LogP contribution in [0.2, 0.25) is 0 Å². The zero-order chi connectivity index (χ0) is 13.6. The second-order valence-electron chi connectivity index (χ2n) is 5.58. The van der Waals surface area contributed by atoms with Gasteiger partial charge >= 0.3 is 5.97 Å². The third-order valence-corrected chi connectivity index (χ3v) is 3.82. The first-order chi connectivity index (χ1) is 8.51. The Labute approximate surface area is 110 Å². The highest BCUT2D eigenvalue weighted by molar-refractivity contribution is 5.74. The van der Waals surface area contributed by atoms with E-state index in [0.29, 0.717) is 12.6 Å². The van der Waals surface area contributed by atoms with Crippen molar-refractivity contribution in [3.8, 4) is 0 Å². The summed E-state index contributed by atoms with van der Waals surface area (Å²) in [6.07, 6.45) is 4.16. The number of hydrogen-bond donors (Lipinski definition) is 1. The van der Waals surface area contributed by atoms with Crippen molar-refractivity contribution in [1.82, 2.24) is 4.90 Å². The normalized spacial score (nSPS) is 23.2. The van der Waals surface area contributed by atoms with Crippen molar-refractivity contribution in [3.05, 3.63) is 0 Å². The van der Waals surface area contributed by atoms with Gasteiger partial charge in [0.1, 0.15) is 0 Å². The van der Waals surface area contributed by atoms with Gasteiger partial charge in [0.05, 0.1) is 11.5 Å². The van der Waals surface area contributed by atoms with Crippen molar-refractivity contribution in [2.75, 3.05) is 26.2 Å². The number of likely N-dealkylation sites (N-methyl/N-ethyl adjacent to an activating group) is 1. The Bertz CT molecular complexity index is 264. The van der Waals surface area contributed by atoms with E-state index in [1.807, 2.05) is 13.8 Å². The van der Waals surface area contributed by atoms with Gasteiger partial charge in [0.2, 0.25) is 0 Å². The summed E-state index contributed by atoms with van der Waals surface area (Å²) in [4.78, 5) is 13.7. The molecule has 1 heterocycles. The number of aliphatic carboxylic acids is 1. The maximum Gasteiger partial charge on any atom is 0.310 e. The molecule has 2 unspecified atom stereocenters. The van der Waals surface area contributed by atoms with Crippen molar-refractivity contribution in [2.45, 2.75) is 52.6 Å². The van der Waals surface area contributed by atoms with Crippen molar-refractivity contribution in [1.29, 1.82) is 0 Å². The van der Waals surface area contributed by atoms with Gasteiger partial charge < -0.3 is 9.84 Å². The minimum absolute atomic E-state index is 0.296. The summed E-state index contributed by atoms with van der Waals surface area (Å²) >= 11 is 0. The van der Waals surface area contributed by atoms with Crippen LogP contribution in [0.5, 0.6) is 0 Å². The van der Waals surface area contributed by atoms with Crippen LogP contribution in [0.3, 0.4) is 0 Å². The molecule has 1 N–H and O–H groups in total. The molecule has 0 radical (unpaired) electrons. The quantitative estimate of drug-likeness (QED) is 0.725. The van der Waals surface area contributed by atoms with Crippen molar-refractivity contribution in [3.63, 3.8) is 0 Å². The van der Waals surface area contributed by atoms with Gasteiger partial charge in [-0.25, -0.2) is 0 Å². The van der Waals surface area contributed by atoms with E-state index in [1.54, 1.807) is 0 Å². The van der Waals surface area contributed by atoms with Crippen LogP contribution < -0.4 is 0 Å². The van der Waals surface area contributed by atoms with E-state index < -0.39 is 11.4 Å². The largest absolute Gasteiger partial charge is 0.481 e. The second kappa shape index (κ2) is 7.10. The van der Waals surface area contributed by atoms with Crippen molar-refractivity contribution >= 4 is 5.97 Å². The van der Waals surface area contributed by atoms with Crippen LogP contribution in [0.4, 0.5) is 0 Å². The number of hydrogen-bond acceptors (Lipinski definition) is 3. The summed E-state index contributed by atoms with van der Waals surface area (Å²) in [5, 5.41) is 9.41. The molecule has 4 nitrogen and oxygen atoms in total. The van der Waals surface area contributed by atoms with Gasteiger partial charge in [0, 0.05) is 19.7 Å². The Morgan fingerprint density at radius 3 is 2.67 bits per heavy atom. The van der Waals surface area contributed by atoms with E-state index in [4.69, 9.17) is 4.74 Å². The Balaban J connectivity index is 2.55. The molecule has 1 saturated heterocycles. The van der Waals surface area contributed by atoms with Gasteiger partial charge in [0.25, 0.3) is 0 Å². The van der Waals surface area contributed by atoms with Crippen LogP contribution in [0, 0.1) is 5.41 Å². The smallest absolute Gasteiger partial charge is 0.310 e. The van der Waals surface area contributed by atoms with Crippen molar-refractivity contribution in [2.24, 2.45) is 5.41 Å². The minimum atomic E-state index is -0.685. The van der Waals surface area contributed by atoms with Gasteiger partial charge in [0.15, 0.2) is 0 Å². The predicted octanol–water partition coefficient (Wildman–Crippen LogP) is 2.38. The molecule has 1 fully saturated rings. The summed E-state index contributed by atoms with van der Waals surface area (Å²) < 4.78 is 5.63. The summed E-state index contributed by atoms with van der Waals surface area (Å²) in [7, 11) is 0. The molecule has 4 heteroatoms. The van der Waals surface area contributed by atoms with Crippen LogP contribution in [0.15, 0.2) is 0 Å². The van der Waals surface area contributed by atoms with Crippen LogP contribution in [-0.2, 0) is 9.53 Å². The summed E-state index contributed by atoms with van der Waals surface area (Å²) in [5.41, 5.74) is -0.636. The average molecular weight is 257 g/mol. The van der Waals surface area contributed by atoms with Gasteiger partial charge in [-0.15, -0.1) is 0 Å². The Morgan fingerprint density at radius 2 is 2.22 bits per heavy atom. The highest BCUT2D eigenvalue weighted by atomic mass is 16.5. The molecule has 0 bridgehead atoms. The van der Waals surface area contributed by atoms with Gasteiger partial charge in [-0.2, -0.15) is 0 Å². The summed E-state index contributed by atoms with van der Waals surface area (Å²) in [5.74, 6) is -0.685. The molecule has 0 aromatic rings. The molecule has 106 valence electrons. The second-order valence-corrected chi connectivity index (χ2v) is 5.58. The third-order valence-electron chi connectivity index (χ3n) is 3.82. The average Bonchev–Trinajstić information content (AvgIpc) is 2.81. The third kappa shape index (κ3) is 4.25. The van der Waals surface area contributed by atoms with Gasteiger partial charge in [-0.1, -0.05) is 20.3 Å². The van der Waals surface area contributed by atoms with Gasteiger partial charge in [-0.3, -0.25) is 9.69 Å². The maximum atomic E-state index is 11.4. The molecule has 0 saturated carbocycles. The molecular weight excluding hydrogens is 230 g/mol. The van der Waals surface area contributed by atoms with E-state index in [0.717, 1.165) is 45.4 Å². The highest BCUT2D eigenvalue weighted by Gasteiger charge is 2.34. The molecule has 0 spiro atoms. The van der Waals surface area contributed by atoms with Gasteiger partial charge in [-0.05, 0) is 32.7 Å². The first-order valence-electron chi connectivity index (χ1n) is 7.09. The predicted molar refractivity (Wildman–Crippen MR) is 71.7 cm³/mol. The van der Waals surface area contributed by atoms with E-state index in [1.165, 1.54) is 0 Å². The molecule has 0 amide bonds. The highest BCUT2D eigenvalue weighted by Crippen LogP contribution is 2.26. The SMILES string of the molecule is CCCC(C)(CN(CC)CC1CCCO1)C(=O)O. The Hall–Kier alpha value is -0.610. The lowest BCUT2D eigenvalue weighted by molar-refractivity contribution is -0.149. The first kappa shape index (κ1) is 15.4. The number of carboxylic acids is 1. The zero-order valence-corrected chi connectivity index (χ0v) is 11.9. The topological polar surface area (TPSA) is 49.8 Å². The monoisotopic (exact) mass is 257 g/mol. The lowest BCUT2D eigenvalue weighted by Gasteiger charge is -2.32. The molecular formula is C14H27NO3. The Morgan fingerprint density at radius 1 is 1.50 bits per heavy atom. The fourth-order valence-corrected chi connectivity index (χ4v) is 2.68. The number of carboxylic acid groups (broad SMARTS) is 1. The lowest BCUT2D eigenvalue weighted by Crippen LogP contribution is -2.43. The van der Waals surface area contributed by atoms with E-state index in [9.17, 15) is 9.90 Å². The number of ether oxygens (including phenoxy) is 1. The fourth-order valence-electron chi connectivity index (χ4n) is 2.68. The summed E-state index contributed by atoms with van der Waals surface area (Å²) in [6.45, 7) is 9.20. The van der Waals surface area contributed by atoms with Crippen LogP contribution in [0.1, 0.15) is 46.5 Å². The maximum absolute atomic E-state index is 11.4. The number of rotatable bonds is 8. The Kier molecular flexibility index (Phi) is 6.09. The van der Waals surface area contributed by atoms with E-state index in [-0.39, 0.29) is 0 Å². The zero-order valence-electron chi connectivity index (χ0n) is 11.9. The molecule has 0 aliphatic carbocycles. The van der Waals surface area contributed by atoms with E-state index in [2.05, 4.69) is 11.8 Å².